The van der Waals surface area contributed by atoms with Crippen molar-refractivity contribution in [1.82, 2.24) is 9.78 Å². The first kappa shape index (κ1) is 13.3. The highest BCUT2D eigenvalue weighted by Gasteiger charge is 2.16. The predicted molar refractivity (Wildman–Crippen MR) is 77.4 cm³/mol. The predicted octanol–water partition coefficient (Wildman–Crippen LogP) is 3.41. The normalized spacial score (nSPS) is 12.7. The molecule has 0 aliphatic rings. The van der Waals surface area contributed by atoms with Crippen LogP contribution in [0.25, 0.3) is 0 Å². The Balaban J connectivity index is 2.38. The minimum absolute atomic E-state index is 0.128. The van der Waals surface area contributed by atoms with Crippen LogP contribution in [0.4, 0.5) is 0 Å². The maximum Gasteiger partial charge on any atom is 0.0726 e. The van der Waals surface area contributed by atoms with Crippen molar-refractivity contribution in [2.75, 3.05) is 0 Å². The Labute approximate surface area is 116 Å². The van der Waals surface area contributed by atoms with Gasteiger partial charge in [-0.25, -0.2) is 0 Å². The zero-order chi connectivity index (χ0) is 13.1. The van der Waals surface area contributed by atoms with Crippen LogP contribution in [0.15, 0.2) is 34.9 Å². The zero-order valence-corrected chi connectivity index (χ0v) is 12.3. The van der Waals surface area contributed by atoms with Gasteiger partial charge in [0.15, 0.2) is 0 Å². The first-order valence-electron chi connectivity index (χ1n) is 6.17. The third-order valence-corrected chi connectivity index (χ3v) is 4.01. The lowest BCUT2D eigenvalue weighted by Crippen LogP contribution is -2.18. The van der Waals surface area contributed by atoms with E-state index >= 15 is 0 Å². The largest absolute Gasteiger partial charge is 0.319 e. The zero-order valence-electron chi connectivity index (χ0n) is 10.7. The molecule has 0 amide bonds. The van der Waals surface area contributed by atoms with Gasteiger partial charge in [-0.05, 0) is 36.6 Å². The van der Waals surface area contributed by atoms with Gasteiger partial charge >= 0.3 is 0 Å². The van der Waals surface area contributed by atoms with Gasteiger partial charge in [-0.1, -0.05) is 35.0 Å². The molecule has 2 aromatic rings. The van der Waals surface area contributed by atoms with Gasteiger partial charge in [0, 0.05) is 17.2 Å². The van der Waals surface area contributed by atoms with Crippen LogP contribution in [-0.2, 0) is 6.54 Å². The quantitative estimate of drug-likeness (QED) is 0.940. The molecule has 2 N–H and O–H groups in total. The smallest absolute Gasteiger partial charge is 0.0726 e. The highest BCUT2D eigenvalue weighted by Crippen LogP contribution is 2.27. The molecule has 0 aliphatic carbocycles. The summed E-state index contributed by atoms with van der Waals surface area (Å²) in [6.07, 6.45) is 2.87. The van der Waals surface area contributed by atoms with Crippen molar-refractivity contribution in [3.8, 4) is 0 Å². The van der Waals surface area contributed by atoms with Gasteiger partial charge in [0.1, 0.15) is 0 Å². The second-order valence-corrected chi connectivity index (χ2v) is 5.27. The Kier molecular flexibility index (Phi) is 4.19. The molecule has 0 fully saturated rings. The molecular weight excluding hydrogens is 290 g/mol. The molecule has 0 radical (unpaired) electrons. The van der Waals surface area contributed by atoms with Crippen LogP contribution < -0.4 is 5.73 Å². The van der Waals surface area contributed by atoms with Crippen molar-refractivity contribution >= 4 is 15.9 Å². The van der Waals surface area contributed by atoms with Crippen molar-refractivity contribution in [1.29, 1.82) is 0 Å². The number of rotatable bonds is 4. The summed E-state index contributed by atoms with van der Waals surface area (Å²) in [5, 5.41) is 4.33. The molecule has 18 heavy (non-hydrogen) atoms. The summed E-state index contributed by atoms with van der Waals surface area (Å²) in [6.45, 7) is 5.13. The highest BCUT2D eigenvalue weighted by atomic mass is 79.9. The monoisotopic (exact) mass is 307 g/mol. The van der Waals surface area contributed by atoms with Crippen molar-refractivity contribution in [3.05, 3.63) is 51.8 Å². The number of hydrogen-bond donors (Lipinski definition) is 1. The van der Waals surface area contributed by atoms with E-state index in [-0.39, 0.29) is 6.04 Å². The number of benzene rings is 1. The van der Waals surface area contributed by atoms with E-state index in [2.05, 4.69) is 40.9 Å². The van der Waals surface area contributed by atoms with E-state index in [0.29, 0.717) is 0 Å². The van der Waals surface area contributed by atoms with E-state index in [0.717, 1.165) is 28.7 Å². The molecule has 0 bridgehead atoms. The summed E-state index contributed by atoms with van der Waals surface area (Å²) in [7, 11) is 0. The minimum Gasteiger partial charge on any atom is -0.319 e. The van der Waals surface area contributed by atoms with Crippen LogP contribution in [0.2, 0.25) is 0 Å². The fourth-order valence-corrected chi connectivity index (χ4v) is 2.51. The number of aryl methyl sites for hydroxylation is 1. The first-order valence-corrected chi connectivity index (χ1v) is 6.96. The Morgan fingerprint density at radius 2 is 2.17 bits per heavy atom. The van der Waals surface area contributed by atoms with E-state index in [9.17, 15) is 0 Å². The molecular formula is C14H18BrN3. The molecule has 1 aromatic carbocycles. The Morgan fingerprint density at radius 1 is 1.39 bits per heavy atom. The Bertz CT molecular complexity index is 534. The van der Waals surface area contributed by atoms with Crippen LogP contribution in [-0.4, -0.2) is 9.78 Å². The summed E-state index contributed by atoms with van der Waals surface area (Å²) in [4.78, 5) is 0. The Morgan fingerprint density at radius 3 is 2.89 bits per heavy atom. The maximum atomic E-state index is 6.38. The van der Waals surface area contributed by atoms with E-state index in [1.807, 2.05) is 29.1 Å². The molecule has 0 saturated carbocycles. The third-order valence-electron chi connectivity index (χ3n) is 3.15. The molecule has 1 unspecified atom stereocenters. The summed E-state index contributed by atoms with van der Waals surface area (Å²) in [6, 6.07) is 8.01. The molecule has 1 aromatic heterocycles. The van der Waals surface area contributed by atoms with Crippen LogP contribution in [0, 0.1) is 6.92 Å². The molecule has 3 nitrogen and oxygen atoms in total. The number of nitrogens with two attached hydrogens (primary N) is 1. The molecule has 0 saturated heterocycles. The average molecular weight is 308 g/mol. The van der Waals surface area contributed by atoms with Gasteiger partial charge in [-0.2, -0.15) is 5.10 Å². The number of nitrogens with zero attached hydrogens (tertiary/aromatic N) is 2. The van der Waals surface area contributed by atoms with Gasteiger partial charge in [-0.15, -0.1) is 0 Å². The first-order chi connectivity index (χ1) is 8.65. The second kappa shape index (κ2) is 5.67. The number of hydrogen-bond acceptors (Lipinski definition) is 2. The van der Waals surface area contributed by atoms with Crippen molar-refractivity contribution in [2.45, 2.75) is 32.9 Å². The summed E-state index contributed by atoms with van der Waals surface area (Å²) in [5.41, 5.74) is 9.78. The molecule has 2 rings (SSSR count). The van der Waals surface area contributed by atoms with Crippen molar-refractivity contribution in [3.63, 3.8) is 0 Å². The molecule has 0 spiro atoms. The van der Waals surface area contributed by atoms with E-state index in [1.165, 1.54) is 5.56 Å². The molecule has 96 valence electrons. The summed E-state index contributed by atoms with van der Waals surface area (Å²) >= 11 is 3.55. The fourth-order valence-electron chi connectivity index (χ4n) is 2.13. The van der Waals surface area contributed by atoms with Gasteiger partial charge in [0.05, 0.1) is 11.7 Å². The van der Waals surface area contributed by atoms with E-state index in [1.54, 1.807) is 0 Å². The van der Waals surface area contributed by atoms with E-state index in [4.69, 9.17) is 5.73 Å². The maximum absolute atomic E-state index is 6.38. The Hall–Kier alpha value is -1.13. The average Bonchev–Trinajstić information content (AvgIpc) is 2.80. The van der Waals surface area contributed by atoms with Crippen molar-refractivity contribution < 1.29 is 0 Å². The second-order valence-electron chi connectivity index (χ2n) is 4.41. The number of halogens is 1. The minimum atomic E-state index is -0.128. The molecule has 1 heterocycles. The molecule has 4 heteroatoms. The van der Waals surface area contributed by atoms with Gasteiger partial charge in [-0.3, -0.25) is 4.68 Å². The summed E-state index contributed by atoms with van der Waals surface area (Å²) < 4.78 is 3.09. The fraction of sp³-hybridized carbons (Fsp3) is 0.357. The summed E-state index contributed by atoms with van der Waals surface area (Å²) in [5.74, 6) is 0. The van der Waals surface area contributed by atoms with Crippen LogP contribution in [0.5, 0.6) is 0 Å². The third kappa shape index (κ3) is 2.49. The lowest BCUT2D eigenvalue weighted by Gasteiger charge is -2.17. The van der Waals surface area contributed by atoms with Crippen LogP contribution in [0.1, 0.15) is 36.2 Å². The van der Waals surface area contributed by atoms with Crippen molar-refractivity contribution in [2.24, 2.45) is 5.73 Å². The lowest BCUT2D eigenvalue weighted by molar-refractivity contribution is 0.559. The van der Waals surface area contributed by atoms with Crippen LogP contribution >= 0.6 is 15.9 Å². The molecule has 0 aliphatic heterocycles. The standard InChI is InChI=1S/C14H18BrN3/c1-3-9-18-13(7-8-17-18)14(16)11-5-4-6-12(15)10(11)2/h4-8,14H,3,9,16H2,1-2H3. The lowest BCUT2D eigenvalue weighted by atomic mass is 9.99. The highest BCUT2D eigenvalue weighted by molar-refractivity contribution is 9.10. The van der Waals surface area contributed by atoms with Gasteiger partial charge < -0.3 is 5.73 Å². The van der Waals surface area contributed by atoms with Crippen LogP contribution in [0.3, 0.4) is 0 Å². The van der Waals surface area contributed by atoms with Gasteiger partial charge in [0.25, 0.3) is 0 Å². The van der Waals surface area contributed by atoms with E-state index < -0.39 is 0 Å². The topological polar surface area (TPSA) is 43.8 Å². The molecule has 1 atom stereocenters. The van der Waals surface area contributed by atoms with Gasteiger partial charge in [0.2, 0.25) is 0 Å². The SMILES string of the molecule is CCCn1nccc1C(N)c1cccc(Br)c1C. The number of aromatic nitrogens is 2.